The molecule has 0 spiro atoms. The number of hydrogen-bond acceptors (Lipinski definition) is 4. The van der Waals surface area contributed by atoms with Crippen molar-refractivity contribution in [1.82, 2.24) is 9.97 Å². The molecule has 94 valence electrons. The summed E-state index contributed by atoms with van der Waals surface area (Å²) < 4.78 is 0. The summed E-state index contributed by atoms with van der Waals surface area (Å²) in [4.78, 5) is 10.6. The number of aryl methyl sites for hydroxylation is 1. The second kappa shape index (κ2) is 4.69. The van der Waals surface area contributed by atoms with E-state index in [4.69, 9.17) is 5.26 Å². The first-order chi connectivity index (χ1) is 9.28. The Morgan fingerprint density at radius 1 is 1.32 bits per heavy atom. The molecule has 19 heavy (non-hydrogen) atoms. The van der Waals surface area contributed by atoms with Crippen LogP contribution in [0.2, 0.25) is 0 Å². The van der Waals surface area contributed by atoms with Gasteiger partial charge in [-0.15, -0.1) is 0 Å². The van der Waals surface area contributed by atoms with Crippen LogP contribution >= 0.6 is 0 Å². The molecule has 0 radical (unpaired) electrons. The lowest BCUT2D eigenvalue weighted by Crippen LogP contribution is -2.31. The Hall–Kier alpha value is -2.41. The number of nitriles is 1. The SMILES string of the molecule is Cc1cccc2c1CN(c1cncc(C#N)n1)CC2. The Kier molecular flexibility index (Phi) is 2.88. The summed E-state index contributed by atoms with van der Waals surface area (Å²) in [6, 6.07) is 8.48. The van der Waals surface area contributed by atoms with Gasteiger partial charge >= 0.3 is 0 Å². The Balaban J connectivity index is 1.93. The van der Waals surface area contributed by atoms with Gasteiger partial charge in [0.15, 0.2) is 5.69 Å². The molecule has 0 unspecified atom stereocenters. The maximum Gasteiger partial charge on any atom is 0.161 e. The van der Waals surface area contributed by atoms with E-state index in [-0.39, 0.29) is 0 Å². The molecule has 2 aromatic rings. The highest BCUT2D eigenvalue weighted by molar-refractivity contribution is 5.46. The van der Waals surface area contributed by atoms with Crippen LogP contribution in [0.15, 0.2) is 30.6 Å². The predicted octanol–water partition coefficient (Wildman–Crippen LogP) is 2.22. The zero-order valence-corrected chi connectivity index (χ0v) is 10.8. The zero-order valence-electron chi connectivity index (χ0n) is 10.8. The van der Waals surface area contributed by atoms with Gasteiger partial charge in [0.1, 0.15) is 11.9 Å². The quantitative estimate of drug-likeness (QED) is 0.778. The first-order valence-corrected chi connectivity index (χ1v) is 6.32. The van der Waals surface area contributed by atoms with Crippen LogP contribution in [0.4, 0.5) is 5.82 Å². The van der Waals surface area contributed by atoms with Crippen molar-refractivity contribution >= 4 is 5.82 Å². The number of fused-ring (bicyclic) bond motifs is 1. The van der Waals surface area contributed by atoms with Crippen molar-refractivity contribution in [3.8, 4) is 6.07 Å². The highest BCUT2D eigenvalue weighted by Crippen LogP contribution is 2.25. The smallest absolute Gasteiger partial charge is 0.161 e. The molecule has 1 aliphatic heterocycles. The van der Waals surface area contributed by atoms with Crippen LogP contribution in [0, 0.1) is 18.3 Å². The van der Waals surface area contributed by atoms with Crippen molar-refractivity contribution in [2.45, 2.75) is 19.9 Å². The van der Waals surface area contributed by atoms with E-state index in [1.165, 1.54) is 22.9 Å². The summed E-state index contributed by atoms with van der Waals surface area (Å²) in [6.07, 6.45) is 4.23. The Bertz CT molecular complexity index is 657. The lowest BCUT2D eigenvalue weighted by Gasteiger charge is -2.30. The summed E-state index contributed by atoms with van der Waals surface area (Å²) in [6.45, 7) is 3.89. The molecule has 4 heteroatoms. The molecule has 2 heterocycles. The van der Waals surface area contributed by atoms with Gasteiger partial charge in [-0.05, 0) is 30.0 Å². The van der Waals surface area contributed by atoms with Crippen LogP contribution in [0.1, 0.15) is 22.4 Å². The molecule has 1 aromatic carbocycles. The van der Waals surface area contributed by atoms with Gasteiger partial charge in [0.2, 0.25) is 0 Å². The monoisotopic (exact) mass is 250 g/mol. The number of nitrogens with zero attached hydrogens (tertiary/aromatic N) is 4. The fourth-order valence-electron chi connectivity index (χ4n) is 2.51. The lowest BCUT2D eigenvalue weighted by molar-refractivity contribution is 0.714. The molecule has 0 fully saturated rings. The maximum atomic E-state index is 8.89. The normalized spacial score (nSPS) is 13.8. The molecule has 1 aliphatic rings. The summed E-state index contributed by atoms with van der Waals surface area (Å²) >= 11 is 0. The number of hydrogen-bond donors (Lipinski definition) is 0. The van der Waals surface area contributed by atoms with Crippen LogP contribution in [0.25, 0.3) is 0 Å². The Morgan fingerprint density at radius 3 is 3.05 bits per heavy atom. The largest absolute Gasteiger partial charge is 0.351 e. The molecular weight excluding hydrogens is 236 g/mol. The van der Waals surface area contributed by atoms with Crippen molar-refractivity contribution in [2.24, 2.45) is 0 Å². The molecule has 3 rings (SSSR count). The third-order valence-electron chi connectivity index (χ3n) is 3.57. The highest BCUT2D eigenvalue weighted by Gasteiger charge is 2.19. The highest BCUT2D eigenvalue weighted by atomic mass is 15.2. The fraction of sp³-hybridized carbons (Fsp3) is 0.267. The molecule has 4 nitrogen and oxygen atoms in total. The van der Waals surface area contributed by atoms with E-state index >= 15 is 0 Å². The molecule has 0 aliphatic carbocycles. The number of anilines is 1. The van der Waals surface area contributed by atoms with Crippen LogP contribution in [0.5, 0.6) is 0 Å². The molecule has 1 aromatic heterocycles. The van der Waals surface area contributed by atoms with Crippen molar-refractivity contribution < 1.29 is 0 Å². The van der Waals surface area contributed by atoms with E-state index in [1.807, 2.05) is 6.07 Å². The van der Waals surface area contributed by atoms with E-state index < -0.39 is 0 Å². The molecule has 0 bridgehead atoms. The van der Waals surface area contributed by atoms with Gasteiger partial charge in [-0.3, -0.25) is 4.98 Å². The third-order valence-corrected chi connectivity index (χ3v) is 3.57. The van der Waals surface area contributed by atoms with Crippen molar-refractivity contribution in [3.05, 3.63) is 53.0 Å². The topological polar surface area (TPSA) is 52.8 Å². The van der Waals surface area contributed by atoms with E-state index in [9.17, 15) is 0 Å². The average Bonchev–Trinajstić information content (AvgIpc) is 2.47. The van der Waals surface area contributed by atoms with Gasteiger partial charge in [-0.2, -0.15) is 5.26 Å². The summed E-state index contributed by atoms with van der Waals surface area (Å²) in [7, 11) is 0. The zero-order chi connectivity index (χ0) is 13.2. The van der Waals surface area contributed by atoms with E-state index in [2.05, 4.69) is 40.0 Å². The average molecular weight is 250 g/mol. The summed E-state index contributed by atoms with van der Waals surface area (Å²) in [5, 5.41) is 8.89. The minimum Gasteiger partial charge on any atom is -0.351 e. The minimum absolute atomic E-state index is 0.369. The van der Waals surface area contributed by atoms with Gasteiger partial charge in [-0.1, -0.05) is 18.2 Å². The number of benzene rings is 1. The molecule has 0 saturated heterocycles. The van der Waals surface area contributed by atoms with Crippen molar-refractivity contribution in [2.75, 3.05) is 11.4 Å². The van der Waals surface area contributed by atoms with E-state index in [0.29, 0.717) is 5.69 Å². The van der Waals surface area contributed by atoms with E-state index in [1.54, 1.807) is 6.20 Å². The summed E-state index contributed by atoms with van der Waals surface area (Å²) in [5.41, 5.74) is 4.47. The Labute approximate surface area is 112 Å². The number of rotatable bonds is 1. The predicted molar refractivity (Wildman–Crippen MR) is 72.7 cm³/mol. The molecule has 0 N–H and O–H groups in total. The van der Waals surface area contributed by atoms with Crippen molar-refractivity contribution in [3.63, 3.8) is 0 Å². The van der Waals surface area contributed by atoms with Gasteiger partial charge in [0.05, 0.1) is 12.4 Å². The molecule has 0 amide bonds. The standard InChI is InChI=1S/C15H14N4/c1-11-3-2-4-12-5-6-19(10-14(11)12)15-9-17-8-13(7-16)18-15/h2-4,8-9H,5-6,10H2,1H3. The third kappa shape index (κ3) is 2.15. The Morgan fingerprint density at radius 2 is 2.21 bits per heavy atom. The van der Waals surface area contributed by atoms with Gasteiger partial charge in [0, 0.05) is 13.1 Å². The lowest BCUT2D eigenvalue weighted by atomic mass is 9.96. The fourth-order valence-corrected chi connectivity index (χ4v) is 2.51. The first kappa shape index (κ1) is 11.7. The van der Waals surface area contributed by atoms with Crippen LogP contribution in [-0.4, -0.2) is 16.5 Å². The van der Waals surface area contributed by atoms with Crippen LogP contribution in [-0.2, 0) is 13.0 Å². The summed E-state index contributed by atoms with van der Waals surface area (Å²) in [5.74, 6) is 0.785. The van der Waals surface area contributed by atoms with Gasteiger partial charge in [-0.25, -0.2) is 4.98 Å². The van der Waals surface area contributed by atoms with Gasteiger partial charge < -0.3 is 4.90 Å². The van der Waals surface area contributed by atoms with Gasteiger partial charge in [0.25, 0.3) is 0 Å². The molecular formula is C15H14N4. The van der Waals surface area contributed by atoms with Crippen molar-refractivity contribution in [1.29, 1.82) is 5.26 Å². The van der Waals surface area contributed by atoms with E-state index in [0.717, 1.165) is 25.3 Å². The molecule has 0 atom stereocenters. The second-order valence-corrected chi connectivity index (χ2v) is 4.76. The van der Waals surface area contributed by atoms with Crippen LogP contribution in [0.3, 0.4) is 0 Å². The maximum absolute atomic E-state index is 8.89. The minimum atomic E-state index is 0.369. The number of aromatic nitrogens is 2. The molecule has 0 saturated carbocycles. The first-order valence-electron chi connectivity index (χ1n) is 6.32. The van der Waals surface area contributed by atoms with Crippen LogP contribution < -0.4 is 4.90 Å². The second-order valence-electron chi connectivity index (χ2n) is 4.76.